The van der Waals surface area contributed by atoms with Crippen molar-refractivity contribution in [2.45, 2.75) is 38.3 Å². The van der Waals surface area contributed by atoms with Crippen LogP contribution in [0.4, 0.5) is 0 Å². The summed E-state index contributed by atoms with van der Waals surface area (Å²) in [4.78, 5) is 14.3. The maximum absolute atomic E-state index is 12.4. The van der Waals surface area contributed by atoms with E-state index in [2.05, 4.69) is 0 Å². The van der Waals surface area contributed by atoms with Crippen LogP contribution in [0.1, 0.15) is 37.8 Å². The predicted molar refractivity (Wildman–Crippen MR) is 85.8 cm³/mol. The first-order chi connectivity index (χ1) is 10.7. The van der Waals surface area contributed by atoms with Crippen LogP contribution in [0.3, 0.4) is 0 Å². The van der Waals surface area contributed by atoms with E-state index < -0.39 is 0 Å². The van der Waals surface area contributed by atoms with Crippen LogP contribution in [0.25, 0.3) is 0 Å². The molecule has 1 fully saturated rings. The largest absolute Gasteiger partial charge is 0.494 e. The van der Waals surface area contributed by atoms with Crippen molar-refractivity contribution in [3.05, 3.63) is 29.8 Å². The van der Waals surface area contributed by atoms with Gasteiger partial charge in [0.05, 0.1) is 12.6 Å². The fourth-order valence-electron chi connectivity index (χ4n) is 3.03. The van der Waals surface area contributed by atoms with Crippen LogP contribution in [-0.2, 0) is 9.53 Å². The highest BCUT2D eigenvalue weighted by Gasteiger charge is 2.36. The SMILES string of the molecule is CCOc1ccccc1C1C(N)CCC(=O)N1CCCOC. The zero-order valence-corrected chi connectivity index (χ0v) is 13.5. The number of carbonyl (C=O) groups is 1. The second-order valence-electron chi connectivity index (χ2n) is 5.55. The Kier molecular flexibility index (Phi) is 6.21. The molecule has 2 N–H and O–H groups in total. The number of ether oxygens (including phenoxy) is 2. The molecule has 2 unspecified atom stereocenters. The quantitative estimate of drug-likeness (QED) is 0.784. The van der Waals surface area contributed by atoms with Gasteiger partial charge >= 0.3 is 0 Å². The highest BCUT2D eigenvalue weighted by atomic mass is 16.5. The molecule has 0 aromatic heterocycles. The second-order valence-corrected chi connectivity index (χ2v) is 5.55. The van der Waals surface area contributed by atoms with E-state index >= 15 is 0 Å². The summed E-state index contributed by atoms with van der Waals surface area (Å²) in [5, 5.41) is 0. The number of methoxy groups -OCH3 is 1. The maximum atomic E-state index is 12.4. The minimum Gasteiger partial charge on any atom is -0.494 e. The van der Waals surface area contributed by atoms with Gasteiger partial charge in [0.1, 0.15) is 5.75 Å². The van der Waals surface area contributed by atoms with Gasteiger partial charge in [-0.05, 0) is 25.8 Å². The lowest BCUT2D eigenvalue weighted by Gasteiger charge is -2.40. The van der Waals surface area contributed by atoms with Crippen LogP contribution in [-0.4, -0.2) is 43.7 Å². The van der Waals surface area contributed by atoms with Crippen molar-refractivity contribution in [2.75, 3.05) is 26.9 Å². The first kappa shape index (κ1) is 16.8. The van der Waals surface area contributed by atoms with Gasteiger partial charge in [0.15, 0.2) is 0 Å². The van der Waals surface area contributed by atoms with Crippen molar-refractivity contribution in [1.82, 2.24) is 4.90 Å². The highest BCUT2D eigenvalue weighted by Crippen LogP contribution is 2.36. The Hall–Kier alpha value is -1.59. The van der Waals surface area contributed by atoms with E-state index in [1.807, 2.05) is 36.1 Å². The van der Waals surface area contributed by atoms with Gasteiger partial charge in [-0.15, -0.1) is 0 Å². The number of piperidine rings is 1. The van der Waals surface area contributed by atoms with Gasteiger partial charge in [0.25, 0.3) is 0 Å². The van der Waals surface area contributed by atoms with Crippen LogP contribution in [0.2, 0.25) is 0 Å². The molecule has 5 nitrogen and oxygen atoms in total. The molecule has 1 amide bonds. The molecule has 1 aromatic carbocycles. The van der Waals surface area contributed by atoms with Crippen LogP contribution < -0.4 is 10.5 Å². The summed E-state index contributed by atoms with van der Waals surface area (Å²) in [5.74, 6) is 0.978. The van der Waals surface area contributed by atoms with E-state index in [0.29, 0.717) is 32.6 Å². The molecular weight excluding hydrogens is 280 g/mol. The number of nitrogens with zero attached hydrogens (tertiary/aromatic N) is 1. The average molecular weight is 306 g/mol. The molecule has 2 atom stereocenters. The first-order valence-electron chi connectivity index (χ1n) is 7.94. The van der Waals surface area contributed by atoms with E-state index in [1.165, 1.54) is 0 Å². The molecule has 1 aromatic rings. The molecule has 1 saturated heterocycles. The Balaban J connectivity index is 2.28. The van der Waals surface area contributed by atoms with E-state index in [4.69, 9.17) is 15.2 Å². The minimum absolute atomic E-state index is 0.0677. The van der Waals surface area contributed by atoms with Gasteiger partial charge < -0.3 is 20.1 Å². The van der Waals surface area contributed by atoms with Gasteiger partial charge in [-0.3, -0.25) is 4.79 Å². The molecule has 5 heteroatoms. The molecule has 0 radical (unpaired) electrons. The minimum atomic E-state index is -0.124. The number of amides is 1. The van der Waals surface area contributed by atoms with E-state index in [0.717, 1.165) is 17.7 Å². The smallest absolute Gasteiger partial charge is 0.223 e. The third-order valence-corrected chi connectivity index (χ3v) is 4.04. The van der Waals surface area contributed by atoms with Gasteiger partial charge in [0, 0.05) is 38.3 Å². The highest BCUT2D eigenvalue weighted by molar-refractivity contribution is 5.78. The third-order valence-electron chi connectivity index (χ3n) is 4.04. The van der Waals surface area contributed by atoms with Crippen LogP contribution in [0.5, 0.6) is 5.75 Å². The van der Waals surface area contributed by atoms with Crippen molar-refractivity contribution >= 4 is 5.91 Å². The molecule has 0 bridgehead atoms. The monoisotopic (exact) mass is 306 g/mol. The number of benzene rings is 1. The Morgan fingerprint density at radius 2 is 2.14 bits per heavy atom. The van der Waals surface area contributed by atoms with E-state index in [-0.39, 0.29) is 18.0 Å². The van der Waals surface area contributed by atoms with Crippen molar-refractivity contribution in [3.8, 4) is 5.75 Å². The fourth-order valence-corrected chi connectivity index (χ4v) is 3.03. The third kappa shape index (κ3) is 3.78. The number of nitrogens with two attached hydrogens (primary N) is 1. The Morgan fingerprint density at radius 3 is 2.86 bits per heavy atom. The Morgan fingerprint density at radius 1 is 1.36 bits per heavy atom. The summed E-state index contributed by atoms with van der Waals surface area (Å²) in [6.45, 7) is 3.85. The van der Waals surface area contributed by atoms with Crippen molar-refractivity contribution < 1.29 is 14.3 Å². The van der Waals surface area contributed by atoms with E-state index in [1.54, 1.807) is 7.11 Å². The lowest BCUT2D eigenvalue weighted by Crippen LogP contribution is -2.49. The molecule has 1 aliphatic heterocycles. The van der Waals surface area contributed by atoms with Crippen molar-refractivity contribution in [3.63, 3.8) is 0 Å². The molecule has 1 heterocycles. The van der Waals surface area contributed by atoms with Gasteiger partial charge in [0.2, 0.25) is 5.91 Å². The topological polar surface area (TPSA) is 64.8 Å². The molecule has 0 saturated carbocycles. The number of likely N-dealkylation sites (tertiary alicyclic amines) is 1. The fraction of sp³-hybridized carbons (Fsp3) is 0.588. The zero-order valence-electron chi connectivity index (χ0n) is 13.5. The standard InChI is InChI=1S/C17H26N2O3/c1-3-22-15-8-5-4-7-13(15)17-14(18)9-10-16(20)19(17)11-6-12-21-2/h4-5,7-8,14,17H,3,6,9-12,18H2,1-2H3. The number of rotatable bonds is 7. The van der Waals surface area contributed by atoms with Crippen molar-refractivity contribution in [2.24, 2.45) is 5.73 Å². The van der Waals surface area contributed by atoms with Crippen LogP contribution >= 0.6 is 0 Å². The van der Waals surface area contributed by atoms with Gasteiger partial charge in [-0.2, -0.15) is 0 Å². The number of para-hydroxylation sites is 1. The summed E-state index contributed by atoms with van der Waals surface area (Å²) < 4.78 is 10.8. The second kappa shape index (κ2) is 8.15. The summed E-state index contributed by atoms with van der Waals surface area (Å²) in [6.07, 6.45) is 2.04. The number of carbonyl (C=O) groups excluding carboxylic acids is 1. The molecular formula is C17H26N2O3. The Bertz CT molecular complexity index is 493. The summed E-state index contributed by atoms with van der Waals surface area (Å²) in [7, 11) is 1.67. The van der Waals surface area contributed by atoms with Crippen molar-refractivity contribution in [1.29, 1.82) is 0 Å². The summed E-state index contributed by atoms with van der Waals surface area (Å²) >= 11 is 0. The molecule has 1 aliphatic rings. The lowest BCUT2D eigenvalue weighted by molar-refractivity contribution is -0.137. The van der Waals surface area contributed by atoms with Crippen LogP contribution in [0, 0.1) is 0 Å². The van der Waals surface area contributed by atoms with Gasteiger partial charge in [-0.1, -0.05) is 18.2 Å². The van der Waals surface area contributed by atoms with E-state index in [9.17, 15) is 4.79 Å². The maximum Gasteiger partial charge on any atom is 0.223 e. The number of hydrogen-bond acceptors (Lipinski definition) is 4. The summed E-state index contributed by atoms with van der Waals surface area (Å²) in [5.41, 5.74) is 7.35. The predicted octanol–water partition coefficient (Wildman–Crippen LogP) is 2.11. The normalized spacial score (nSPS) is 22.0. The first-order valence-corrected chi connectivity index (χ1v) is 7.94. The molecule has 0 aliphatic carbocycles. The zero-order chi connectivity index (χ0) is 15.9. The molecule has 122 valence electrons. The van der Waals surface area contributed by atoms with Gasteiger partial charge in [-0.25, -0.2) is 0 Å². The number of hydrogen-bond donors (Lipinski definition) is 1. The van der Waals surface area contributed by atoms with Crippen LogP contribution in [0.15, 0.2) is 24.3 Å². The Labute approximate surface area is 132 Å². The summed E-state index contributed by atoms with van der Waals surface area (Å²) in [6, 6.07) is 7.68. The molecule has 22 heavy (non-hydrogen) atoms. The average Bonchev–Trinajstić information content (AvgIpc) is 2.52. The molecule has 2 rings (SSSR count). The lowest BCUT2D eigenvalue weighted by atomic mass is 9.90. The molecule has 0 spiro atoms.